The first-order chi connectivity index (χ1) is 8.57. The van der Waals surface area contributed by atoms with E-state index in [0.29, 0.717) is 25.1 Å². The lowest BCUT2D eigenvalue weighted by Crippen LogP contribution is -2.30. The molecular formula is C12H14N2O3S. The van der Waals surface area contributed by atoms with E-state index in [0.717, 1.165) is 0 Å². The summed E-state index contributed by atoms with van der Waals surface area (Å²) in [5.74, 6) is 0. The topological polar surface area (TPSA) is 70.4 Å². The van der Waals surface area contributed by atoms with Crippen LogP contribution in [-0.2, 0) is 14.8 Å². The zero-order valence-corrected chi connectivity index (χ0v) is 10.9. The third-order valence-corrected chi connectivity index (χ3v) is 4.90. The van der Waals surface area contributed by atoms with Crippen LogP contribution in [0.2, 0.25) is 0 Å². The van der Waals surface area contributed by atoms with Crippen molar-refractivity contribution in [1.29, 1.82) is 5.26 Å². The van der Waals surface area contributed by atoms with Crippen LogP contribution in [0.1, 0.15) is 12.0 Å². The highest BCUT2D eigenvalue weighted by molar-refractivity contribution is 7.89. The fraction of sp³-hybridized carbons (Fsp3) is 0.417. The Morgan fingerprint density at radius 1 is 1.50 bits per heavy atom. The summed E-state index contributed by atoms with van der Waals surface area (Å²) in [6.07, 6.45) is 0.659. The number of hydrogen-bond donors (Lipinski definition) is 0. The molecule has 1 saturated heterocycles. The van der Waals surface area contributed by atoms with Gasteiger partial charge >= 0.3 is 0 Å². The molecule has 96 valence electrons. The third kappa shape index (κ3) is 2.38. The molecule has 0 aromatic heterocycles. The van der Waals surface area contributed by atoms with Gasteiger partial charge in [-0.05, 0) is 24.6 Å². The summed E-state index contributed by atoms with van der Waals surface area (Å²) >= 11 is 0. The minimum Gasteiger partial charge on any atom is -0.380 e. The first kappa shape index (κ1) is 13.0. The van der Waals surface area contributed by atoms with Gasteiger partial charge in [0.05, 0.1) is 22.6 Å². The molecule has 1 heterocycles. The van der Waals surface area contributed by atoms with Crippen molar-refractivity contribution >= 4 is 10.0 Å². The molecule has 1 aliphatic heterocycles. The van der Waals surface area contributed by atoms with Crippen LogP contribution in [0.15, 0.2) is 29.2 Å². The van der Waals surface area contributed by atoms with Gasteiger partial charge in [0.15, 0.2) is 0 Å². The molecule has 1 atom stereocenters. The average Bonchev–Trinajstić information content (AvgIpc) is 2.88. The molecule has 1 unspecified atom stereocenters. The maximum absolute atomic E-state index is 12.3. The lowest BCUT2D eigenvalue weighted by atomic mass is 10.2. The fourth-order valence-corrected chi connectivity index (χ4v) is 3.52. The molecule has 0 saturated carbocycles. The average molecular weight is 266 g/mol. The molecule has 6 heteroatoms. The third-order valence-electron chi connectivity index (χ3n) is 3.04. The smallest absolute Gasteiger partial charge is 0.243 e. The van der Waals surface area contributed by atoms with Crippen molar-refractivity contribution in [3.8, 4) is 6.07 Å². The maximum atomic E-state index is 12.3. The van der Waals surface area contributed by atoms with E-state index in [1.165, 1.54) is 16.4 Å². The highest BCUT2D eigenvalue weighted by atomic mass is 32.2. The van der Waals surface area contributed by atoms with Crippen molar-refractivity contribution in [3.05, 3.63) is 29.8 Å². The van der Waals surface area contributed by atoms with Crippen LogP contribution >= 0.6 is 0 Å². The van der Waals surface area contributed by atoms with Crippen LogP contribution in [0.25, 0.3) is 0 Å². The Hall–Kier alpha value is -1.42. The van der Waals surface area contributed by atoms with Gasteiger partial charge in [0.25, 0.3) is 0 Å². The lowest BCUT2D eigenvalue weighted by Gasteiger charge is -2.16. The van der Waals surface area contributed by atoms with E-state index >= 15 is 0 Å². The van der Waals surface area contributed by atoms with Gasteiger partial charge in [-0.3, -0.25) is 0 Å². The summed E-state index contributed by atoms with van der Waals surface area (Å²) in [6.45, 7) is 0.827. The minimum absolute atomic E-state index is 0.0427. The van der Waals surface area contributed by atoms with Crippen LogP contribution in [0.3, 0.4) is 0 Å². The van der Waals surface area contributed by atoms with Gasteiger partial charge in [0.1, 0.15) is 0 Å². The second-order valence-corrected chi connectivity index (χ2v) is 6.09. The summed E-state index contributed by atoms with van der Waals surface area (Å²) in [6, 6.07) is 8.01. The molecule has 0 aliphatic carbocycles. The van der Waals surface area contributed by atoms with E-state index < -0.39 is 10.0 Å². The van der Waals surface area contributed by atoms with E-state index in [2.05, 4.69) is 0 Å². The first-order valence-electron chi connectivity index (χ1n) is 5.61. The predicted molar refractivity (Wildman–Crippen MR) is 65.3 cm³/mol. The molecule has 0 bridgehead atoms. The number of benzene rings is 1. The Kier molecular flexibility index (Phi) is 3.66. The van der Waals surface area contributed by atoms with Crippen molar-refractivity contribution in [1.82, 2.24) is 4.31 Å². The predicted octanol–water partition coefficient (Wildman–Crippen LogP) is 0.968. The molecule has 1 aromatic rings. The molecule has 0 spiro atoms. The van der Waals surface area contributed by atoms with E-state index in [1.807, 2.05) is 6.07 Å². The number of rotatable bonds is 3. The molecule has 0 amide bonds. The molecule has 5 nitrogen and oxygen atoms in total. The Morgan fingerprint density at radius 3 is 2.89 bits per heavy atom. The highest BCUT2D eigenvalue weighted by Gasteiger charge is 2.32. The number of nitriles is 1. The van der Waals surface area contributed by atoms with Gasteiger partial charge in [-0.2, -0.15) is 9.57 Å². The summed E-state index contributed by atoms with van der Waals surface area (Å²) in [5.41, 5.74) is 0.346. The van der Waals surface area contributed by atoms with Gasteiger partial charge in [-0.15, -0.1) is 0 Å². The first-order valence-corrected chi connectivity index (χ1v) is 7.05. The number of methoxy groups -OCH3 is 1. The van der Waals surface area contributed by atoms with E-state index in [1.54, 1.807) is 19.2 Å². The SMILES string of the molecule is COC1CCN(S(=O)(=O)c2cccc(C#N)c2)C1. The van der Waals surface area contributed by atoms with Crippen molar-refractivity contribution in [3.63, 3.8) is 0 Å². The zero-order chi connectivity index (χ0) is 13.2. The van der Waals surface area contributed by atoms with Gasteiger partial charge in [0.2, 0.25) is 10.0 Å². The van der Waals surface area contributed by atoms with Gasteiger partial charge < -0.3 is 4.74 Å². The molecule has 1 aromatic carbocycles. The van der Waals surface area contributed by atoms with Gasteiger partial charge in [0, 0.05) is 20.2 Å². The Morgan fingerprint density at radius 2 is 2.28 bits per heavy atom. The van der Waals surface area contributed by atoms with Crippen molar-refractivity contribution in [2.75, 3.05) is 20.2 Å². The Balaban J connectivity index is 2.29. The van der Waals surface area contributed by atoms with Crippen LogP contribution in [0, 0.1) is 11.3 Å². The van der Waals surface area contributed by atoms with Gasteiger partial charge in [-0.1, -0.05) is 6.07 Å². The zero-order valence-electron chi connectivity index (χ0n) is 10.0. The van der Waals surface area contributed by atoms with Crippen LogP contribution in [0.5, 0.6) is 0 Å². The number of hydrogen-bond acceptors (Lipinski definition) is 4. The lowest BCUT2D eigenvalue weighted by molar-refractivity contribution is 0.115. The second-order valence-electron chi connectivity index (χ2n) is 4.15. The second kappa shape index (κ2) is 5.06. The molecule has 0 N–H and O–H groups in total. The molecule has 2 rings (SSSR count). The standard InChI is InChI=1S/C12H14N2O3S/c1-17-11-5-6-14(9-11)18(15,16)12-4-2-3-10(7-12)8-13/h2-4,7,11H,5-6,9H2,1H3. The maximum Gasteiger partial charge on any atom is 0.243 e. The van der Waals surface area contributed by atoms with E-state index in [9.17, 15) is 8.42 Å². The minimum atomic E-state index is -3.51. The largest absolute Gasteiger partial charge is 0.380 e. The molecule has 1 fully saturated rings. The molecule has 18 heavy (non-hydrogen) atoms. The van der Waals surface area contributed by atoms with Crippen LogP contribution in [0.4, 0.5) is 0 Å². The van der Waals surface area contributed by atoms with E-state index in [-0.39, 0.29) is 11.0 Å². The van der Waals surface area contributed by atoms with Crippen molar-refractivity contribution in [2.24, 2.45) is 0 Å². The number of nitrogens with zero attached hydrogens (tertiary/aromatic N) is 2. The quantitative estimate of drug-likeness (QED) is 0.817. The molecule has 1 aliphatic rings. The molecular weight excluding hydrogens is 252 g/mol. The number of ether oxygens (including phenoxy) is 1. The van der Waals surface area contributed by atoms with Gasteiger partial charge in [-0.25, -0.2) is 8.42 Å². The van der Waals surface area contributed by atoms with Crippen LogP contribution in [-0.4, -0.2) is 39.0 Å². The highest BCUT2D eigenvalue weighted by Crippen LogP contribution is 2.22. The summed E-state index contributed by atoms with van der Waals surface area (Å²) in [7, 11) is -1.93. The summed E-state index contributed by atoms with van der Waals surface area (Å²) < 4.78 is 31.2. The molecule has 0 radical (unpaired) electrons. The van der Waals surface area contributed by atoms with Crippen molar-refractivity contribution in [2.45, 2.75) is 17.4 Å². The fourth-order valence-electron chi connectivity index (χ4n) is 1.98. The summed E-state index contributed by atoms with van der Waals surface area (Å²) in [5, 5.41) is 8.79. The van der Waals surface area contributed by atoms with E-state index in [4.69, 9.17) is 10.00 Å². The monoisotopic (exact) mass is 266 g/mol. The normalized spacial score (nSPS) is 20.8. The van der Waals surface area contributed by atoms with Crippen LogP contribution < -0.4 is 0 Å². The Labute approximate surface area is 107 Å². The summed E-state index contributed by atoms with van der Waals surface area (Å²) in [4.78, 5) is 0.165. The van der Waals surface area contributed by atoms with Crippen molar-refractivity contribution < 1.29 is 13.2 Å². The number of sulfonamides is 1. The Bertz CT molecular complexity index is 577.